The van der Waals surface area contributed by atoms with Gasteiger partial charge in [0.25, 0.3) is 0 Å². The molecule has 0 aromatic heterocycles. The summed E-state index contributed by atoms with van der Waals surface area (Å²) in [5.74, 6) is -1.99. The van der Waals surface area contributed by atoms with E-state index in [1.807, 2.05) is 0 Å². The molecule has 0 aliphatic heterocycles. The van der Waals surface area contributed by atoms with Gasteiger partial charge in [-0.2, -0.15) is 0 Å². The van der Waals surface area contributed by atoms with Crippen molar-refractivity contribution in [3.63, 3.8) is 0 Å². The van der Waals surface area contributed by atoms with Crippen molar-refractivity contribution in [2.75, 3.05) is 13.7 Å². The van der Waals surface area contributed by atoms with Crippen LogP contribution >= 0.6 is 0 Å². The van der Waals surface area contributed by atoms with Gasteiger partial charge in [-0.15, -0.1) is 0 Å². The molecule has 1 rings (SSSR count). The Labute approximate surface area is 116 Å². The highest BCUT2D eigenvalue weighted by atomic mass is 32.2. The average Bonchev–Trinajstić information content (AvgIpc) is 2.37. The van der Waals surface area contributed by atoms with Gasteiger partial charge in [0.1, 0.15) is 0 Å². The standard InChI is InChI=1S/C12H15NO6S/c1-19-11(14)5-6-13-20(17,18)8-9-3-2-4-10(7-9)12(15)16/h2-4,7,13H,5-6,8H2,1H3,(H,15,16). The fourth-order valence-corrected chi connectivity index (χ4v) is 2.61. The molecular weight excluding hydrogens is 286 g/mol. The van der Waals surface area contributed by atoms with Gasteiger partial charge in [0.15, 0.2) is 0 Å². The molecule has 0 radical (unpaired) electrons. The van der Waals surface area contributed by atoms with Crippen molar-refractivity contribution in [1.29, 1.82) is 0 Å². The monoisotopic (exact) mass is 301 g/mol. The molecule has 0 bridgehead atoms. The normalized spacial score (nSPS) is 11.1. The minimum atomic E-state index is -3.63. The molecule has 0 amide bonds. The number of esters is 1. The van der Waals surface area contributed by atoms with Crippen LogP contribution in [0, 0.1) is 0 Å². The van der Waals surface area contributed by atoms with Gasteiger partial charge in [0.05, 0.1) is 24.8 Å². The first-order valence-corrected chi connectivity index (χ1v) is 7.35. The Morgan fingerprint density at radius 1 is 1.35 bits per heavy atom. The molecule has 20 heavy (non-hydrogen) atoms. The zero-order valence-electron chi connectivity index (χ0n) is 10.8. The molecule has 0 saturated heterocycles. The lowest BCUT2D eigenvalue weighted by Crippen LogP contribution is -2.27. The average molecular weight is 301 g/mol. The lowest BCUT2D eigenvalue weighted by molar-refractivity contribution is -0.140. The zero-order valence-corrected chi connectivity index (χ0v) is 11.6. The number of ether oxygens (including phenoxy) is 1. The molecule has 0 heterocycles. The Bertz CT molecular complexity index is 596. The number of carboxylic acids is 1. The van der Waals surface area contributed by atoms with Crippen molar-refractivity contribution in [3.05, 3.63) is 35.4 Å². The van der Waals surface area contributed by atoms with Crippen LogP contribution in [-0.2, 0) is 25.3 Å². The summed E-state index contributed by atoms with van der Waals surface area (Å²) in [6.45, 7) is -0.0619. The maximum absolute atomic E-state index is 11.7. The van der Waals surface area contributed by atoms with Crippen LogP contribution in [-0.4, -0.2) is 39.1 Å². The van der Waals surface area contributed by atoms with E-state index in [4.69, 9.17) is 5.11 Å². The van der Waals surface area contributed by atoms with E-state index in [1.165, 1.54) is 31.4 Å². The number of sulfonamides is 1. The molecule has 1 aromatic rings. The molecule has 0 atom stereocenters. The van der Waals surface area contributed by atoms with Gasteiger partial charge in [-0.1, -0.05) is 12.1 Å². The fraction of sp³-hybridized carbons (Fsp3) is 0.333. The summed E-state index contributed by atoms with van der Waals surface area (Å²) in [5.41, 5.74) is 0.378. The zero-order chi connectivity index (χ0) is 15.2. The summed E-state index contributed by atoms with van der Waals surface area (Å²) < 4.78 is 30.1. The maximum atomic E-state index is 11.7. The Balaban J connectivity index is 2.64. The molecule has 0 unspecified atom stereocenters. The van der Waals surface area contributed by atoms with Crippen molar-refractivity contribution in [3.8, 4) is 0 Å². The fourth-order valence-electron chi connectivity index (χ4n) is 1.48. The molecule has 0 fully saturated rings. The molecule has 8 heteroatoms. The molecular formula is C12H15NO6S. The highest BCUT2D eigenvalue weighted by molar-refractivity contribution is 7.88. The molecule has 0 aliphatic carbocycles. The lowest BCUT2D eigenvalue weighted by atomic mass is 10.1. The van der Waals surface area contributed by atoms with Gasteiger partial charge in [0.2, 0.25) is 10.0 Å². The quantitative estimate of drug-likeness (QED) is 0.704. The second-order valence-electron chi connectivity index (χ2n) is 3.99. The Hall–Kier alpha value is -1.93. The molecule has 0 spiro atoms. The van der Waals surface area contributed by atoms with Gasteiger partial charge < -0.3 is 9.84 Å². The number of carbonyl (C=O) groups excluding carboxylic acids is 1. The first-order valence-electron chi connectivity index (χ1n) is 5.70. The van der Waals surface area contributed by atoms with E-state index in [1.54, 1.807) is 0 Å². The van der Waals surface area contributed by atoms with Crippen LogP contribution in [0.4, 0.5) is 0 Å². The number of benzene rings is 1. The van der Waals surface area contributed by atoms with Crippen LogP contribution < -0.4 is 4.72 Å². The van der Waals surface area contributed by atoms with Crippen LogP contribution in [0.1, 0.15) is 22.3 Å². The summed E-state index contributed by atoms with van der Waals surface area (Å²) in [6.07, 6.45) is -0.0646. The largest absolute Gasteiger partial charge is 0.478 e. The number of nitrogens with one attached hydrogen (secondary N) is 1. The number of methoxy groups -OCH3 is 1. The summed E-state index contributed by atoms with van der Waals surface area (Å²) in [5, 5.41) is 8.82. The predicted molar refractivity (Wildman–Crippen MR) is 70.7 cm³/mol. The Kier molecular flexibility index (Phi) is 5.66. The van der Waals surface area contributed by atoms with E-state index in [2.05, 4.69) is 9.46 Å². The molecule has 1 aromatic carbocycles. The van der Waals surface area contributed by atoms with Crippen LogP contribution in [0.2, 0.25) is 0 Å². The van der Waals surface area contributed by atoms with Crippen molar-refractivity contribution >= 4 is 22.0 Å². The first kappa shape index (κ1) is 16.1. The van der Waals surface area contributed by atoms with E-state index >= 15 is 0 Å². The smallest absolute Gasteiger partial charge is 0.335 e. The minimum absolute atomic E-state index is 0.0206. The van der Waals surface area contributed by atoms with Gasteiger partial charge in [-0.3, -0.25) is 4.79 Å². The third-order valence-corrected chi connectivity index (χ3v) is 3.77. The van der Waals surface area contributed by atoms with Crippen molar-refractivity contribution in [1.82, 2.24) is 4.72 Å². The first-order chi connectivity index (χ1) is 9.34. The third-order valence-electron chi connectivity index (χ3n) is 2.41. The summed E-state index contributed by atoms with van der Waals surface area (Å²) >= 11 is 0. The van der Waals surface area contributed by atoms with Crippen LogP contribution in [0.15, 0.2) is 24.3 Å². The van der Waals surface area contributed by atoms with Gasteiger partial charge in [-0.25, -0.2) is 17.9 Å². The van der Waals surface area contributed by atoms with Crippen molar-refractivity contribution in [2.45, 2.75) is 12.2 Å². The van der Waals surface area contributed by atoms with E-state index in [0.717, 1.165) is 0 Å². The van der Waals surface area contributed by atoms with E-state index in [9.17, 15) is 18.0 Å². The van der Waals surface area contributed by atoms with Crippen molar-refractivity contribution < 1.29 is 27.9 Å². The molecule has 7 nitrogen and oxygen atoms in total. The number of hydrogen-bond donors (Lipinski definition) is 2. The summed E-state index contributed by atoms with van der Waals surface area (Å²) in [7, 11) is -2.42. The van der Waals surface area contributed by atoms with Crippen LogP contribution in [0.5, 0.6) is 0 Å². The third kappa shape index (κ3) is 5.37. The highest BCUT2D eigenvalue weighted by Crippen LogP contribution is 2.08. The number of hydrogen-bond acceptors (Lipinski definition) is 5. The van der Waals surface area contributed by atoms with Crippen LogP contribution in [0.3, 0.4) is 0 Å². The van der Waals surface area contributed by atoms with E-state index in [0.29, 0.717) is 5.56 Å². The SMILES string of the molecule is COC(=O)CCNS(=O)(=O)Cc1cccc(C(=O)O)c1. The van der Waals surface area contributed by atoms with Gasteiger partial charge in [0, 0.05) is 6.54 Å². The van der Waals surface area contributed by atoms with Crippen molar-refractivity contribution in [2.24, 2.45) is 0 Å². The number of aromatic carboxylic acids is 1. The lowest BCUT2D eigenvalue weighted by Gasteiger charge is -2.06. The molecule has 110 valence electrons. The number of carbonyl (C=O) groups is 2. The minimum Gasteiger partial charge on any atom is -0.478 e. The summed E-state index contributed by atoms with van der Waals surface area (Å²) in [4.78, 5) is 21.6. The Morgan fingerprint density at radius 3 is 2.65 bits per heavy atom. The summed E-state index contributed by atoms with van der Waals surface area (Å²) in [6, 6.07) is 5.67. The number of rotatable bonds is 7. The molecule has 0 saturated carbocycles. The number of carboxylic acid groups (broad SMARTS) is 1. The van der Waals surface area contributed by atoms with E-state index in [-0.39, 0.29) is 24.3 Å². The Morgan fingerprint density at radius 2 is 2.05 bits per heavy atom. The molecule has 2 N–H and O–H groups in total. The van der Waals surface area contributed by atoms with Gasteiger partial charge >= 0.3 is 11.9 Å². The van der Waals surface area contributed by atoms with Crippen LogP contribution in [0.25, 0.3) is 0 Å². The molecule has 0 aliphatic rings. The highest BCUT2D eigenvalue weighted by Gasteiger charge is 2.13. The second kappa shape index (κ2) is 7.01. The van der Waals surface area contributed by atoms with Gasteiger partial charge in [-0.05, 0) is 17.7 Å². The topological polar surface area (TPSA) is 110 Å². The maximum Gasteiger partial charge on any atom is 0.335 e. The second-order valence-corrected chi connectivity index (χ2v) is 5.79. The van der Waals surface area contributed by atoms with E-state index < -0.39 is 22.0 Å². The predicted octanol–water partition coefficient (Wildman–Crippen LogP) is 0.367.